The summed E-state index contributed by atoms with van der Waals surface area (Å²) in [4.78, 5) is 33.4. The molecule has 1 rings (SSSR count). The topological polar surface area (TPSA) is 101 Å². The van der Waals surface area contributed by atoms with Crippen LogP contribution in [0.4, 0.5) is 0 Å². The second-order valence-corrected chi connectivity index (χ2v) is 7.29. The predicted octanol–water partition coefficient (Wildman–Crippen LogP) is 0.911. The molecule has 1 heterocycles. The highest BCUT2D eigenvalue weighted by Crippen LogP contribution is 2.28. The van der Waals surface area contributed by atoms with Crippen LogP contribution in [0.3, 0.4) is 0 Å². The summed E-state index contributed by atoms with van der Waals surface area (Å²) in [5.41, 5.74) is 0. The van der Waals surface area contributed by atoms with Crippen LogP contribution in [0.1, 0.15) is 20.3 Å². The van der Waals surface area contributed by atoms with E-state index in [-0.39, 0.29) is 23.5 Å². The first kappa shape index (κ1) is 17.9. The van der Waals surface area contributed by atoms with Crippen molar-refractivity contribution in [2.75, 3.05) is 18.1 Å². The van der Waals surface area contributed by atoms with Crippen molar-refractivity contribution >= 4 is 52.6 Å². The molecule has 10 heteroatoms. The number of carbonyl (C=O) groups is 3. The zero-order valence-corrected chi connectivity index (χ0v) is 14.1. The number of aromatic nitrogens is 2. The molecular weight excluding hydrogens is 332 g/mol. The third-order valence-corrected chi connectivity index (χ3v) is 5.12. The number of carbonyl (C=O) groups excluding carboxylic acids is 3. The molecule has 0 aliphatic rings. The van der Waals surface area contributed by atoms with Crippen molar-refractivity contribution in [3.05, 3.63) is 0 Å². The third kappa shape index (κ3) is 8.02. The Morgan fingerprint density at radius 3 is 2.19 bits per heavy atom. The number of nitrogens with zero attached hydrogens (tertiary/aromatic N) is 2. The van der Waals surface area contributed by atoms with Crippen LogP contribution in [0, 0.1) is 0 Å². The molecular formula is C11H16N4O3S3. The fraction of sp³-hybridized carbons (Fsp3) is 0.545. The smallest absolute Gasteiger partial charge is 0.236 e. The standard InChI is InChI=1S/C11H16N4O3S3/c1-3-4-12-8(17)5-19-10-14-15-11(21-10)20-6-9(18)13-7(2)16/h3-6H2,1-2H3,(H,12,17)(H,13,16,18). The van der Waals surface area contributed by atoms with Crippen LogP contribution in [0.5, 0.6) is 0 Å². The van der Waals surface area contributed by atoms with Crippen LogP contribution in [0.15, 0.2) is 8.68 Å². The molecule has 0 aliphatic heterocycles. The molecule has 0 bridgehead atoms. The summed E-state index contributed by atoms with van der Waals surface area (Å²) >= 11 is 3.83. The lowest BCUT2D eigenvalue weighted by molar-refractivity contribution is -0.127. The summed E-state index contributed by atoms with van der Waals surface area (Å²) in [5, 5.41) is 12.8. The van der Waals surface area contributed by atoms with Gasteiger partial charge < -0.3 is 5.32 Å². The molecule has 0 aliphatic carbocycles. The SMILES string of the molecule is CCCNC(=O)CSc1nnc(SCC(=O)NC(C)=O)s1. The van der Waals surface area contributed by atoms with Crippen LogP contribution in [0.25, 0.3) is 0 Å². The molecule has 21 heavy (non-hydrogen) atoms. The predicted molar refractivity (Wildman–Crippen MR) is 83.5 cm³/mol. The first-order valence-corrected chi connectivity index (χ1v) is 8.96. The Kier molecular flexibility index (Phi) is 8.31. The lowest BCUT2D eigenvalue weighted by atomic mass is 10.5. The fourth-order valence-electron chi connectivity index (χ4n) is 1.12. The van der Waals surface area contributed by atoms with Crippen LogP contribution >= 0.6 is 34.9 Å². The van der Waals surface area contributed by atoms with Crippen LogP contribution in [-0.2, 0) is 14.4 Å². The molecule has 0 fully saturated rings. The lowest BCUT2D eigenvalue weighted by Crippen LogP contribution is -2.29. The molecule has 0 aromatic carbocycles. The van der Waals surface area contributed by atoms with E-state index in [0.29, 0.717) is 21.0 Å². The Balaban J connectivity index is 2.31. The highest BCUT2D eigenvalue weighted by atomic mass is 32.2. The maximum absolute atomic E-state index is 11.4. The molecule has 0 spiro atoms. The van der Waals surface area contributed by atoms with Crippen molar-refractivity contribution in [1.82, 2.24) is 20.8 Å². The zero-order chi connectivity index (χ0) is 15.7. The average molecular weight is 348 g/mol. The summed E-state index contributed by atoms with van der Waals surface area (Å²) < 4.78 is 1.31. The van der Waals surface area contributed by atoms with E-state index in [2.05, 4.69) is 20.8 Å². The summed E-state index contributed by atoms with van der Waals surface area (Å²) in [6, 6.07) is 0. The summed E-state index contributed by atoms with van der Waals surface area (Å²) in [7, 11) is 0. The van der Waals surface area contributed by atoms with E-state index in [1.807, 2.05) is 6.92 Å². The van der Waals surface area contributed by atoms with Gasteiger partial charge in [-0.1, -0.05) is 41.8 Å². The van der Waals surface area contributed by atoms with E-state index in [0.717, 1.165) is 6.42 Å². The highest BCUT2D eigenvalue weighted by Gasteiger charge is 2.10. The molecule has 0 unspecified atom stereocenters. The normalized spacial score (nSPS) is 10.2. The number of hydrogen-bond donors (Lipinski definition) is 2. The first-order chi connectivity index (χ1) is 10.0. The van der Waals surface area contributed by atoms with Gasteiger partial charge in [-0.3, -0.25) is 19.7 Å². The van der Waals surface area contributed by atoms with Gasteiger partial charge in [-0.05, 0) is 6.42 Å². The van der Waals surface area contributed by atoms with Gasteiger partial charge in [0, 0.05) is 13.5 Å². The van der Waals surface area contributed by atoms with Crippen molar-refractivity contribution in [1.29, 1.82) is 0 Å². The quantitative estimate of drug-likeness (QED) is 0.673. The zero-order valence-electron chi connectivity index (χ0n) is 11.7. The molecule has 0 atom stereocenters. The van der Waals surface area contributed by atoms with E-state index < -0.39 is 0 Å². The Hall–Kier alpha value is -1.13. The fourth-order valence-corrected chi connectivity index (χ4v) is 3.77. The molecule has 3 amide bonds. The number of amides is 3. The van der Waals surface area contributed by atoms with Crippen LogP contribution in [-0.4, -0.2) is 46.0 Å². The number of hydrogen-bond acceptors (Lipinski definition) is 8. The molecule has 7 nitrogen and oxygen atoms in total. The first-order valence-electron chi connectivity index (χ1n) is 6.17. The second kappa shape index (κ2) is 9.74. The van der Waals surface area contributed by atoms with E-state index in [4.69, 9.17) is 0 Å². The molecule has 0 saturated carbocycles. The van der Waals surface area contributed by atoms with E-state index in [1.165, 1.54) is 41.8 Å². The van der Waals surface area contributed by atoms with Crippen molar-refractivity contribution in [2.45, 2.75) is 28.9 Å². The Morgan fingerprint density at radius 1 is 1.10 bits per heavy atom. The van der Waals surface area contributed by atoms with Gasteiger partial charge in [-0.2, -0.15) is 0 Å². The summed E-state index contributed by atoms with van der Waals surface area (Å²) in [6.07, 6.45) is 0.901. The Labute approximate surface area is 135 Å². The molecule has 0 radical (unpaired) electrons. The number of rotatable bonds is 8. The molecule has 1 aromatic heterocycles. The monoisotopic (exact) mass is 348 g/mol. The summed E-state index contributed by atoms with van der Waals surface area (Å²) in [6.45, 7) is 3.94. The van der Waals surface area contributed by atoms with Gasteiger partial charge in [0.05, 0.1) is 11.5 Å². The van der Waals surface area contributed by atoms with Gasteiger partial charge >= 0.3 is 0 Å². The van der Waals surface area contributed by atoms with Gasteiger partial charge in [0.1, 0.15) is 0 Å². The third-order valence-electron chi connectivity index (χ3n) is 1.93. The minimum absolute atomic E-state index is 0.0351. The van der Waals surface area contributed by atoms with Gasteiger partial charge in [0.25, 0.3) is 0 Å². The maximum atomic E-state index is 11.4. The molecule has 1 aromatic rings. The van der Waals surface area contributed by atoms with E-state index >= 15 is 0 Å². The lowest BCUT2D eigenvalue weighted by Gasteiger charge is -2.00. The number of nitrogens with one attached hydrogen (secondary N) is 2. The average Bonchev–Trinajstić information content (AvgIpc) is 2.88. The van der Waals surface area contributed by atoms with Crippen molar-refractivity contribution < 1.29 is 14.4 Å². The molecule has 116 valence electrons. The van der Waals surface area contributed by atoms with Gasteiger partial charge in [-0.15, -0.1) is 10.2 Å². The Morgan fingerprint density at radius 2 is 1.67 bits per heavy atom. The largest absolute Gasteiger partial charge is 0.355 e. The number of imide groups is 1. The van der Waals surface area contributed by atoms with Gasteiger partial charge in [0.15, 0.2) is 8.68 Å². The van der Waals surface area contributed by atoms with Gasteiger partial charge in [0.2, 0.25) is 17.7 Å². The Bertz CT molecular complexity index is 507. The second-order valence-electron chi connectivity index (χ2n) is 3.87. The summed E-state index contributed by atoms with van der Waals surface area (Å²) in [5.74, 6) is -0.380. The highest BCUT2D eigenvalue weighted by molar-refractivity contribution is 8.03. The van der Waals surface area contributed by atoms with Crippen molar-refractivity contribution in [2.24, 2.45) is 0 Å². The number of thioether (sulfide) groups is 2. The minimum Gasteiger partial charge on any atom is -0.355 e. The van der Waals surface area contributed by atoms with Gasteiger partial charge in [-0.25, -0.2) is 0 Å². The molecule has 2 N–H and O–H groups in total. The van der Waals surface area contributed by atoms with Crippen LogP contribution < -0.4 is 10.6 Å². The van der Waals surface area contributed by atoms with E-state index in [9.17, 15) is 14.4 Å². The van der Waals surface area contributed by atoms with Crippen molar-refractivity contribution in [3.63, 3.8) is 0 Å². The maximum Gasteiger partial charge on any atom is 0.236 e. The molecule has 0 saturated heterocycles. The minimum atomic E-state index is -0.382. The van der Waals surface area contributed by atoms with Crippen LogP contribution in [0.2, 0.25) is 0 Å². The van der Waals surface area contributed by atoms with Crippen molar-refractivity contribution in [3.8, 4) is 0 Å². The van der Waals surface area contributed by atoms with E-state index in [1.54, 1.807) is 0 Å².